The fourth-order valence-corrected chi connectivity index (χ4v) is 1.28. The van der Waals surface area contributed by atoms with Crippen LogP contribution in [-0.4, -0.2) is 15.2 Å². The van der Waals surface area contributed by atoms with Crippen LogP contribution in [0.25, 0.3) is 10.9 Å². The number of H-pyrrole nitrogens is 1. The lowest BCUT2D eigenvalue weighted by atomic mass is 10.2. The van der Waals surface area contributed by atoms with Crippen LogP contribution in [0.5, 0.6) is 0 Å². The summed E-state index contributed by atoms with van der Waals surface area (Å²) in [6.45, 7) is 0. The molecule has 0 aliphatic heterocycles. The molecule has 4 heteroatoms. The summed E-state index contributed by atoms with van der Waals surface area (Å²) in [6, 6.07) is 5.94. The lowest BCUT2D eigenvalue weighted by molar-refractivity contribution is -0.0453. The van der Waals surface area contributed by atoms with E-state index in [1.807, 2.05) is 0 Å². The molecule has 68 valence electrons. The Morgan fingerprint density at radius 3 is 2.69 bits per heavy atom. The number of rotatable bonds is 1. The topological polar surface area (TPSA) is 56.2 Å². The standard InChI is InChI=1S/C9H8FNO2/c10-6-2-1-3-7-5(6)4-8(11-7)9(12)13/h1-4,9,11-13H. The molecule has 3 N–H and O–H groups in total. The van der Waals surface area contributed by atoms with Crippen molar-refractivity contribution in [3.05, 3.63) is 35.8 Å². The van der Waals surface area contributed by atoms with Gasteiger partial charge in [0.25, 0.3) is 0 Å². The molecule has 0 aliphatic carbocycles. The predicted molar refractivity (Wildman–Crippen MR) is 45.4 cm³/mol. The van der Waals surface area contributed by atoms with Gasteiger partial charge in [-0.3, -0.25) is 0 Å². The van der Waals surface area contributed by atoms with E-state index in [2.05, 4.69) is 4.98 Å². The summed E-state index contributed by atoms with van der Waals surface area (Å²) in [4.78, 5) is 2.70. The van der Waals surface area contributed by atoms with Crippen LogP contribution in [0.4, 0.5) is 4.39 Å². The molecule has 0 saturated carbocycles. The summed E-state index contributed by atoms with van der Waals surface area (Å²) in [5.74, 6) is -0.374. The molecule has 2 aromatic rings. The second kappa shape index (κ2) is 2.83. The van der Waals surface area contributed by atoms with E-state index in [1.54, 1.807) is 12.1 Å². The van der Waals surface area contributed by atoms with Gasteiger partial charge in [-0.2, -0.15) is 0 Å². The zero-order valence-electron chi connectivity index (χ0n) is 6.66. The first-order valence-electron chi connectivity index (χ1n) is 3.82. The van der Waals surface area contributed by atoms with Crippen molar-refractivity contribution in [1.82, 2.24) is 4.98 Å². The molecule has 1 heterocycles. The summed E-state index contributed by atoms with van der Waals surface area (Å²) < 4.78 is 13.1. The highest BCUT2D eigenvalue weighted by Gasteiger charge is 2.08. The molecule has 0 atom stereocenters. The van der Waals surface area contributed by atoms with Gasteiger partial charge >= 0.3 is 0 Å². The van der Waals surface area contributed by atoms with Crippen LogP contribution >= 0.6 is 0 Å². The second-order valence-electron chi connectivity index (χ2n) is 2.80. The van der Waals surface area contributed by atoms with E-state index in [-0.39, 0.29) is 11.5 Å². The van der Waals surface area contributed by atoms with E-state index in [1.165, 1.54) is 12.1 Å². The molecule has 0 fully saturated rings. The maximum Gasteiger partial charge on any atom is 0.193 e. The molecule has 1 aromatic heterocycles. The zero-order valence-corrected chi connectivity index (χ0v) is 6.66. The van der Waals surface area contributed by atoms with Crippen molar-refractivity contribution >= 4 is 10.9 Å². The number of benzene rings is 1. The highest BCUT2D eigenvalue weighted by atomic mass is 19.1. The van der Waals surface area contributed by atoms with Crippen LogP contribution in [0.3, 0.4) is 0 Å². The molecule has 0 radical (unpaired) electrons. The van der Waals surface area contributed by atoms with E-state index in [9.17, 15) is 4.39 Å². The Kier molecular flexibility index (Phi) is 1.79. The highest BCUT2D eigenvalue weighted by molar-refractivity contribution is 5.80. The number of aromatic amines is 1. The minimum Gasteiger partial charge on any atom is -0.363 e. The molecule has 0 bridgehead atoms. The van der Waals surface area contributed by atoms with E-state index < -0.39 is 6.29 Å². The molecule has 2 rings (SSSR count). The SMILES string of the molecule is OC(O)c1cc2c(F)cccc2[nH]1. The molecular weight excluding hydrogens is 173 g/mol. The van der Waals surface area contributed by atoms with E-state index >= 15 is 0 Å². The number of aliphatic hydroxyl groups excluding tert-OH is 1. The van der Waals surface area contributed by atoms with Crippen molar-refractivity contribution in [2.45, 2.75) is 6.29 Å². The first kappa shape index (κ1) is 8.22. The number of aromatic nitrogens is 1. The van der Waals surface area contributed by atoms with E-state index in [0.29, 0.717) is 10.9 Å². The Hall–Kier alpha value is -1.39. The third-order valence-corrected chi connectivity index (χ3v) is 1.91. The highest BCUT2D eigenvalue weighted by Crippen LogP contribution is 2.21. The molecular formula is C9H8FNO2. The van der Waals surface area contributed by atoms with Crippen molar-refractivity contribution in [3.8, 4) is 0 Å². The third kappa shape index (κ3) is 1.30. The van der Waals surface area contributed by atoms with Crippen LogP contribution in [0.15, 0.2) is 24.3 Å². The lowest BCUT2D eigenvalue weighted by Crippen LogP contribution is -1.93. The molecule has 0 unspecified atom stereocenters. The largest absolute Gasteiger partial charge is 0.363 e. The van der Waals surface area contributed by atoms with Crippen molar-refractivity contribution < 1.29 is 14.6 Å². The van der Waals surface area contributed by atoms with Crippen molar-refractivity contribution in [2.24, 2.45) is 0 Å². The summed E-state index contributed by atoms with van der Waals surface area (Å²) in [7, 11) is 0. The van der Waals surface area contributed by atoms with Gasteiger partial charge in [-0.1, -0.05) is 6.07 Å². The average molecular weight is 181 g/mol. The summed E-state index contributed by atoms with van der Waals surface area (Å²) in [6.07, 6.45) is -1.59. The van der Waals surface area contributed by atoms with Gasteiger partial charge in [-0.25, -0.2) is 4.39 Å². The maximum atomic E-state index is 13.1. The van der Waals surface area contributed by atoms with Crippen LogP contribution in [-0.2, 0) is 0 Å². The van der Waals surface area contributed by atoms with Crippen molar-refractivity contribution in [1.29, 1.82) is 0 Å². The molecule has 3 nitrogen and oxygen atoms in total. The van der Waals surface area contributed by atoms with Gasteiger partial charge in [0.1, 0.15) is 5.82 Å². The van der Waals surface area contributed by atoms with Gasteiger partial charge in [0.05, 0.1) is 5.69 Å². The normalized spacial score (nSPS) is 11.4. The second-order valence-corrected chi connectivity index (χ2v) is 2.80. The fourth-order valence-electron chi connectivity index (χ4n) is 1.28. The number of hydrogen-bond acceptors (Lipinski definition) is 2. The number of fused-ring (bicyclic) bond motifs is 1. The summed E-state index contributed by atoms with van der Waals surface area (Å²) >= 11 is 0. The minimum atomic E-state index is -1.59. The van der Waals surface area contributed by atoms with Gasteiger partial charge in [-0.15, -0.1) is 0 Å². The Labute approximate surface area is 73.4 Å². The monoisotopic (exact) mass is 181 g/mol. The Bertz CT molecular complexity index is 436. The summed E-state index contributed by atoms with van der Waals surface area (Å²) in [5, 5.41) is 18.0. The van der Waals surface area contributed by atoms with Gasteiger partial charge in [0, 0.05) is 10.9 Å². The summed E-state index contributed by atoms with van der Waals surface area (Å²) in [5.41, 5.74) is 0.753. The molecule has 0 amide bonds. The van der Waals surface area contributed by atoms with E-state index in [4.69, 9.17) is 10.2 Å². The number of hydrogen-bond donors (Lipinski definition) is 3. The van der Waals surface area contributed by atoms with Crippen LogP contribution in [0.1, 0.15) is 12.0 Å². The Balaban J connectivity index is 2.68. The van der Waals surface area contributed by atoms with E-state index in [0.717, 1.165) is 0 Å². The van der Waals surface area contributed by atoms with Gasteiger partial charge < -0.3 is 15.2 Å². The number of halogens is 1. The van der Waals surface area contributed by atoms with Crippen LogP contribution < -0.4 is 0 Å². The predicted octanol–water partition coefficient (Wildman–Crippen LogP) is 1.29. The molecule has 1 aromatic carbocycles. The third-order valence-electron chi connectivity index (χ3n) is 1.91. The smallest absolute Gasteiger partial charge is 0.193 e. The van der Waals surface area contributed by atoms with Gasteiger partial charge in [-0.05, 0) is 18.2 Å². The first-order valence-corrected chi connectivity index (χ1v) is 3.82. The Morgan fingerprint density at radius 2 is 2.08 bits per heavy atom. The Morgan fingerprint density at radius 1 is 1.31 bits per heavy atom. The quantitative estimate of drug-likeness (QED) is 0.580. The van der Waals surface area contributed by atoms with Crippen molar-refractivity contribution in [3.63, 3.8) is 0 Å². The van der Waals surface area contributed by atoms with Gasteiger partial charge in [0.2, 0.25) is 0 Å². The van der Waals surface area contributed by atoms with Gasteiger partial charge in [0.15, 0.2) is 6.29 Å². The molecule has 0 aliphatic rings. The lowest BCUT2D eigenvalue weighted by Gasteiger charge is -1.96. The number of aliphatic hydroxyl groups is 2. The zero-order chi connectivity index (χ0) is 9.42. The number of nitrogens with one attached hydrogen (secondary N) is 1. The average Bonchev–Trinajstić information content (AvgIpc) is 2.49. The maximum absolute atomic E-state index is 13.1. The molecule has 13 heavy (non-hydrogen) atoms. The first-order chi connectivity index (χ1) is 6.18. The fraction of sp³-hybridized carbons (Fsp3) is 0.111. The van der Waals surface area contributed by atoms with Crippen molar-refractivity contribution in [2.75, 3.05) is 0 Å². The minimum absolute atomic E-state index is 0.195. The molecule has 0 saturated heterocycles. The van der Waals surface area contributed by atoms with Crippen LogP contribution in [0.2, 0.25) is 0 Å². The molecule has 0 spiro atoms. The van der Waals surface area contributed by atoms with Crippen LogP contribution in [0, 0.1) is 5.82 Å².